The number of pyridine rings is 1. The van der Waals surface area contributed by atoms with Crippen LogP contribution in [-0.2, 0) is 19.6 Å². The first-order valence-electron chi connectivity index (χ1n) is 11.5. The lowest BCUT2D eigenvalue weighted by Gasteiger charge is -2.07. The molecule has 8 nitrogen and oxygen atoms in total. The normalized spacial score (nSPS) is 11.4. The molecular weight excluding hydrogens is 474 g/mol. The molecule has 0 fully saturated rings. The topological polar surface area (TPSA) is 93.4 Å². The Hall–Kier alpha value is -4.43. The molecule has 0 aliphatic rings. The van der Waals surface area contributed by atoms with Crippen molar-refractivity contribution in [2.45, 2.75) is 19.6 Å². The van der Waals surface area contributed by atoms with Crippen LogP contribution >= 0.6 is 11.6 Å². The van der Waals surface area contributed by atoms with Gasteiger partial charge in [-0.25, -0.2) is 9.97 Å². The molecule has 0 amide bonds. The summed E-state index contributed by atoms with van der Waals surface area (Å²) in [5.41, 5.74) is 4.93. The predicted octanol–water partition coefficient (Wildman–Crippen LogP) is 4.83. The van der Waals surface area contributed by atoms with E-state index in [0.717, 1.165) is 38.8 Å². The van der Waals surface area contributed by atoms with Gasteiger partial charge in [-0.05, 0) is 41.0 Å². The summed E-state index contributed by atoms with van der Waals surface area (Å²) in [6.07, 6.45) is 7.26. The van der Waals surface area contributed by atoms with Gasteiger partial charge in [0.15, 0.2) is 5.65 Å². The van der Waals surface area contributed by atoms with Crippen LogP contribution in [0.15, 0.2) is 90.4 Å². The lowest BCUT2D eigenvalue weighted by molar-refractivity contribution is 0.692. The zero-order valence-corrected chi connectivity index (χ0v) is 20.0. The van der Waals surface area contributed by atoms with Crippen LogP contribution in [0.5, 0.6) is 0 Å². The van der Waals surface area contributed by atoms with Crippen molar-refractivity contribution in [2.24, 2.45) is 0 Å². The van der Waals surface area contributed by atoms with Gasteiger partial charge >= 0.3 is 0 Å². The summed E-state index contributed by atoms with van der Waals surface area (Å²) < 4.78 is 3.56. The van der Waals surface area contributed by atoms with E-state index in [-0.39, 0.29) is 5.56 Å². The summed E-state index contributed by atoms with van der Waals surface area (Å²) in [6.45, 7) is 1.73. The van der Waals surface area contributed by atoms with Crippen molar-refractivity contribution < 1.29 is 0 Å². The molecule has 36 heavy (non-hydrogen) atoms. The van der Waals surface area contributed by atoms with E-state index in [0.29, 0.717) is 30.3 Å². The molecule has 0 saturated carbocycles. The average molecular weight is 496 g/mol. The minimum absolute atomic E-state index is 0.0103. The van der Waals surface area contributed by atoms with E-state index in [1.165, 1.54) is 6.33 Å². The third kappa shape index (κ3) is 4.46. The van der Waals surface area contributed by atoms with Crippen LogP contribution in [-0.4, -0.2) is 29.3 Å². The highest BCUT2D eigenvalue weighted by Crippen LogP contribution is 2.24. The Morgan fingerprint density at radius 3 is 2.61 bits per heavy atom. The highest BCUT2D eigenvalue weighted by atomic mass is 35.5. The number of H-pyrrole nitrogens is 1. The van der Waals surface area contributed by atoms with E-state index in [4.69, 9.17) is 11.6 Å². The number of fused-ring (bicyclic) bond motifs is 2. The summed E-state index contributed by atoms with van der Waals surface area (Å²) in [4.78, 5) is 24.0. The maximum atomic E-state index is 12.0. The molecule has 0 aliphatic heterocycles. The van der Waals surface area contributed by atoms with E-state index in [9.17, 15) is 4.79 Å². The lowest BCUT2D eigenvalue weighted by atomic mass is 10.1. The fourth-order valence-electron chi connectivity index (χ4n) is 4.31. The molecule has 4 aromatic heterocycles. The number of nitrogens with one attached hydrogen (secondary N) is 2. The highest BCUT2D eigenvalue weighted by molar-refractivity contribution is 6.31. The summed E-state index contributed by atoms with van der Waals surface area (Å²) in [5.74, 6) is 0.728. The van der Waals surface area contributed by atoms with Gasteiger partial charge in [0, 0.05) is 47.1 Å². The fourth-order valence-corrected chi connectivity index (χ4v) is 4.48. The molecule has 2 N–H and O–H groups in total. The van der Waals surface area contributed by atoms with E-state index in [1.807, 2.05) is 53.5 Å². The van der Waals surface area contributed by atoms with Gasteiger partial charge in [0.05, 0.1) is 18.5 Å². The first-order chi connectivity index (χ1) is 17.6. The van der Waals surface area contributed by atoms with Crippen LogP contribution in [0, 0.1) is 0 Å². The van der Waals surface area contributed by atoms with Gasteiger partial charge in [-0.15, -0.1) is 0 Å². The Morgan fingerprint density at radius 1 is 0.944 bits per heavy atom. The molecule has 0 bridgehead atoms. The van der Waals surface area contributed by atoms with Crippen LogP contribution in [0.4, 0.5) is 5.82 Å². The maximum absolute atomic E-state index is 12.0. The quantitative estimate of drug-likeness (QED) is 0.331. The van der Waals surface area contributed by atoms with Gasteiger partial charge in [-0.3, -0.25) is 9.48 Å². The number of hydrogen-bond acceptors (Lipinski definition) is 5. The molecule has 0 unspecified atom stereocenters. The van der Waals surface area contributed by atoms with Crippen LogP contribution in [0.1, 0.15) is 16.7 Å². The number of aromatic nitrogens is 6. The number of nitrogens with zero attached hydrogens (tertiary/aromatic N) is 5. The summed E-state index contributed by atoms with van der Waals surface area (Å²) in [5, 5.41) is 10.7. The molecule has 9 heteroatoms. The second kappa shape index (κ2) is 9.31. The first kappa shape index (κ1) is 22.1. The molecule has 6 rings (SSSR count). The molecule has 0 atom stereocenters. The molecule has 0 saturated heterocycles. The van der Waals surface area contributed by atoms with Gasteiger partial charge in [0.25, 0.3) is 5.56 Å². The van der Waals surface area contributed by atoms with Crippen molar-refractivity contribution >= 4 is 39.4 Å². The van der Waals surface area contributed by atoms with Crippen molar-refractivity contribution in [3.8, 4) is 0 Å². The second-order valence-electron chi connectivity index (χ2n) is 8.63. The monoisotopic (exact) mass is 495 g/mol. The number of hydrogen-bond donors (Lipinski definition) is 2. The Bertz CT molecular complexity index is 1730. The molecule has 0 aliphatic carbocycles. The molecule has 2 aromatic carbocycles. The van der Waals surface area contributed by atoms with Gasteiger partial charge in [-0.2, -0.15) is 5.10 Å². The highest BCUT2D eigenvalue weighted by Gasteiger charge is 2.11. The van der Waals surface area contributed by atoms with E-state index in [2.05, 4.69) is 37.5 Å². The zero-order valence-electron chi connectivity index (χ0n) is 19.2. The van der Waals surface area contributed by atoms with E-state index in [1.54, 1.807) is 22.9 Å². The zero-order chi connectivity index (χ0) is 24.5. The van der Waals surface area contributed by atoms with E-state index >= 15 is 0 Å². The predicted molar refractivity (Wildman–Crippen MR) is 141 cm³/mol. The van der Waals surface area contributed by atoms with Gasteiger partial charge in [-0.1, -0.05) is 41.9 Å². The third-order valence-corrected chi connectivity index (χ3v) is 6.39. The van der Waals surface area contributed by atoms with Crippen LogP contribution in [0.2, 0.25) is 5.02 Å². The Morgan fingerprint density at radius 2 is 1.78 bits per heavy atom. The summed E-state index contributed by atoms with van der Waals surface area (Å²) in [7, 11) is 0. The number of aromatic amines is 1. The van der Waals surface area contributed by atoms with Gasteiger partial charge in [0.1, 0.15) is 12.1 Å². The molecular formula is C27H22ClN7O. The minimum Gasteiger partial charge on any atom is -0.365 e. The summed E-state index contributed by atoms with van der Waals surface area (Å²) in [6, 6.07) is 19.2. The molecule has 0 radical (unpaired) electrons. The number of halogens is 1. The average Bonchev–Trinajstić information content (AvgIpc) is 3.49. The number of rotatable bonds is 7. The van der Waals surface area contributed by atoms with Crippen molar-refractivity contribution in [1.29, 1.82) is 0 Å². The number of anilines is 1. The second-order valence-corrected chi connectivity index (χ2v) is 9.06. The standard InChI is InChI=1S/C27H22ClN7O/c28-21-8-9-24-22(11-21)20(12-29-24)13-30-26-23-16-35(33-27(23)32-17-31-26)15-19-6-4-18(5-7-19)14-34-10-2-1-3-25(34)36/h1-12,16-17,29H,13-15H2,(H,30,31,32,33). The van der Waals surface area contributed by atoms with Gasteiger partial charge in [0.2, 0.25) is 0 Å². The van der Waals surface area contributed by atoms with E-state index < -0.39 is 0 Å². The largest absolute Gasteiger partial charge is 0.365 e. The number of benzene rings is 2. The SMILES string of the molecule is O=c1ccccn1Cc1ccc(Cn2cc3c(NCc4c[nH]c5ccc(Cl)cc45)ncnc3n2)cc1. The molecule has 4 heterocycles. The lowest BCUT2D eigenvalue weighted by Crippen LogP contribution is -2.18. The molecule has 6 aromatic rings. The van der Waals surface area contributed by atoms with Crippen LogP contribution in [0.25, 0.3) is 21.9 Å². The van der Waals surface area contributed by atoms with Crippen LogP contribution < -0.4 is 10.9 Å². The fraction of sp³-hybridized carbons (Fsp3) is 0.111. The smallest absolute Gasteiger partial charge is 0.250 e. The molecule has 178 valence electrons. The third-order valence-electron chi connectivity index (χ3n) is 6.16. The van der Waals surface area contributed by atoms with Crippen molar-refractivity contribution in [3.05, 3.63) is 118 Å². The first-order valence-corrected chi connectivity index (χ1v) is 11.9. The minimum atomic E-state index is -0.0103. The van der Waals surface area contributed by atoms with Crippen molar-refractivity contribution in [3.63, 3.8) is 0 Å². The van der Waals surface area contributed by atoms with Crippen molar-refractivity contribution in [2.75, 3.05) is 5.32 Å². The van der Waals surface area contributed by atoms with Gasteiger partial charge < -0.3 is 14.9 Å². The Kier molecular flexibility index (Phi) is 5.71. The van der Waals surface area contributed by atoms with Crippen molar-refractivity contribution in [1.82, 2.24) is 29.3 Å². The Balaban J connectivity index is 1.18. The maximum Gasteiger partial charge on any atom is 0.250 e. The molecule has 0 spiro atoms. The van der Waals surface area contributed by atoms with Crippen LogP contribution in [0.3, 0.4) is 0 Å². The Labute approximate surface area is 211 Å². The summed E-state index contributed by atoms with van der Waals surface area (Å²) >= 11 is 6.18.